The molecule has 25 heavy (non-hydrogen) atoms. The second-order valence-electron chi connectivity index (χ2n) is 4.99. The summed E-state index contributed by atoms with van der Waals surface area (Å²) in [4.78, 5) is 4.25. The van der Waals surface area contributed by atoms with Crippen LogP contribution in [0.3, 0.4) is 0 Å². The van der Waals surface area contributed by atoms with Crippen molar-refractivity contribution in [1.82, 2.24) is 10.6 Å². The first-order valence-corrected chi connectivity index (χ1v) is 9.93. The van der Waals surface area contributed by atoms with E-state index in [0.717, 1.165) is 0 Å². The van der Waals surface area contributed by atoms with Crippen LogP contribution in [0.5, 0.6) is 5.75 Å². The van der Waals surface area contributed by atoms with Crippen molar-refractivity contribution in [3.8, 4) is 5.75 Å². The third-order valence-electron chi connectivity index (χ3n) is 3.14. The van der Waals surface area contributed by atoms with Crippen molar-refractivity contribution >= 4 is 27.4 Å². The van der Waals surface area contributed by atoms with Gasteiger partial charge in [0.05, 0.1) is 12.3 Å². The van der Waals surface area contributed by atoms with Crippen molar-refractivity contribution in [2.45, 2.75) is 27.0 Å². The molecule has 0 fully saturated rings. The molecule has 1 rings (SSSR count). The van der Waals surface area contributed by atoms with Gasteiger partial charge in [-0.25, -0.2) is 13.4 Å². The van der Waals surface area contributed by atoms with Crippen LogP contribution in [-0.4, -0.2) is 45.6 Å². The highest BCUT2D eigenvalue weighted by molar-refractivity contribution is 7.91. The maximum Gasteiger partial charge on any atom is 0.387 e. The van der Waals surface area contributed by atoms with Gasteiger partial charge in [0.1, 0.15) is 5.75 Å². The summed E-state index contributed by atoms with van der Waals surface area (Å²) in [5, 5.41) is 6.22. The Morgan fingerprint density at radius 1 is 1.32 bits per heavy atom. The Balaban J connectivity index is 2.81. The van der Waals surface area contributed by atoms with E-state index in [1.54, 1.807) is 6.92 Å². The molecular formula is C15H22ClF2N3O3S. The Morgan fingerprint density at radius 3 is 2.64 bits per heavy atom. The summed E-state index contributed by atoms with van der Waals surface area (Å²) in [5.74, 6) is 0.411. The van der Waals surface area contributed by atoms with Crippen LogP contribution in [0.2, 0.25) is 5.02 Å². The number of alkyl halides is 2. The summed E-state index contributed by atoms with van der Waals surface area (Å²) in [6.07, 6.45) is 0. The van der Waals surface area contributed by atoms with Crippen molar-refractivity contribution in [2.75, 3.05) is 24.6 Å². The number of hydrogen-bond donors (Lipinski definition) is 2. The molecule has 0 spiro atoms. The van der Waals surface area contributed by atoms with E-state index in [4.69, 9.17) is 11.6 Å². The van der Waals surface area contributed by atoms with Crippen molar-refractivity contribution in [2.24, 2.45) is 4.99 Å². The minimum Gasteiger partial charge on any atom is -0.434 e. The number of rotatable bonds is 9. The van der Waals surface area contributed by atoms with Gasteiger partial charge >= 0.3 is 6.61 Å². The molecule has 142 valence electrons. The monoisotopic (exact) mass is 397 g/mol. The van der Waals surface area contributed by atoms with E-state index in [9.17, 15) is 17.2 Å². The zero-order valence-electron chi connectivity index (χ0n) is 14.1. The van der Waals surface area contributed by atoms with Gasteiger partial charge in [0.25, 0.3) is 0 Å². The molecular weight excluding hydrogens is 376 g/mol. The number of halogens is 3. The van der Waals surface area contributed by atoms with E-state index in [1.807, 2.05) is 6.92 Å². The van der Waals surface area contributed by atoms with Gasteiger partial charge in [0, 0.05) is 29.4 Å². The summed E-state index contributed by atoms with van der Waals surface area (Å²) in [7, 11) is -3.09. The molecule has 0 saturated heterocycles. The molecule has 0 unspecified atom stereocenters. The minimum absolute atomic E-state index is 0.00689. The fourth-order valence-electron chi connectivity index (χ4n) is 1.86. The van der Waals surface area contributed by atoms with E-state index in [2.05, 4.69) is 20.4 Å². The van der Waals surface area contributed by atoms with E-state index in [-0.39, 0.29) is 30.3 Å². The average Bonchev–Trinajstić information content (AvgIpc) is 2.54. The predicted octanol–water partition coefficient (Wildman–Crippen LogP) is 2.43. The molecule has 0 saturated carbocycles. The molecule has 0 bridgehead atoms. The highest BCUT2D eigenvalue weighted by atomic mass is 35.5. The van der Waals surface area contributed by atoms with Crippen LogP contribution in [0.25, 0.3) is 0 Å². The quantitative estimate of drug-likeness (QED) is 0.494. The lowest BCUT2D eigenvalue weighted by Crippen LogP contribution is -2.39. The minimum atomic E-state index is -3.09. The second-order valence-corrected chi connectivity index (χ2v) is 7.90. The van der Waals surface area contributed by atoms with Crippen LogP contribution < -0.4 is 15.4 Å². The molecule has 0 aliphatic heterocycles. The normalized spacial score (nSPS) is 12.3. The number of nitrogens with zero attached hydrogens (tertiary/aromatic N) is 1. The first kappa shape index (κ1) is 21.4. The zero-order chi connectivity index (χ0) is 18.9. The molecule has 0 heterocycles. The number of nitrogens with one attached hydrogen (secondary N) is 2. The van der Waals surface area contributed by atoms with E-state index >= 15 is 0 Å². The lowest BCUT2D eigenvalue weighted by molar-refractivity contribution is -0.0504. The lowest BCUT2D eigenvalue weighted by atomic mass is 10.2. The third-order valence-corrected chi connectivity index (χ3v) is 5.08. The number of hydrogen-bond acceptors (Lipinski definition) is 4. The second kappa shape index (κ2) is 10.4. The summed E-state index contributed by atoms with van der Waals surface area (Å²) < 4.78 is 52.4. The van der Waals surface area contributed by atoms with Gasteiger partial charge in [-0.2, -0.15) is 8.78 Å². The van der Waals surface area contributed by atoms with E-state index in [1.165, 1.54) is 18.2 Å². The van der Waals surface area contributed by atoms with Gasteiger partial charge in [0.15, 0.2) is 15.8 Å². The van der Waals surface area contributed by atoms with Crippen LogP contribution in [0.15, 0.2) is 23.2 Å². The Kier molecular flexibility index (Phi) is 8.91. The average molecular weight is 398 g/mol. The Morgan fingerprint density at radius 2 is 2.04 bits per heavy atom. The van der Waals surface area contributed by atoms with Crippen LogP contribution in [0.1, 0.15) is 19.4 Å². The summed E-state index contributed by atoms with van der Waals surface area (Å²) in [6.45, 7) is 1.27. The molecule has 0 aliphatic carbocycles. The van der Waals surface area contributed by atoms with Gasteiger partial charge in [-0.3, -0.25) is 0 Å². The lowest BCUT2D eigenvalue weighted by Gasteiger charge is -2.13. The van der Waals surface area contributed by atoms with Crippen molar-refractivity contribution in [1.29, 1.82) is 0 Å². The molecule has 6 nitrogen and oxygen atoms in total. The number of ether oxygens (including phenoxy) is 1. The standard InChI is InChI=1S/C15H22ClF2N3O3S/c1-3-19-15(20-7-8-25(22,23)4-2)21-10-11-9-12(16)5-6-13(11)24-14(17)18/h5-6,9,14H,3-4,7-8,10H2,1-2H3,(H2,19,20,21). The summed E-state index contributed by atoms with van der Waals surface area (Å²) >= 11 is 5.89. The molecule has 0 aliphatic rings. The molecule has 0 atom stereocenters. The van der Waals surface area contributed by atoms with Gasteiger partial charge in [-0.05, 0) is 25.1 Å². The molecule has 1 aromatic carbocycles. The predicted molar refractivity (Wildman–Crippen MR) is 95.2 cm³/mol. The Bertz CT molecular complexity index is 685. The first-order chi connectivity index (χ1) is 11.8. The van der Waals surface area contributed by atoms with Crippen molar-refractivity contribution in [3.63, 3.8) is 0 Å². The van der Waals surface area contributed by atoms with E-state index in [0.29, 0.717) is 23.1 Å². The Labute approximate surface area is 151 Å². The number of sulfone groups is 1. The highest BCUT2D eigenvalue weighted by Crippen LogP contribution is 2.25. The molecule has 0 aromatic heterocycles. The number of guanidine groups is 1. The van der Waals surface area contributed by atoms with E-state index < -0.39 is 16.4 Å². The van der Waals surface area contributed by atoms with Crippen molar-refractivity contribution < 1.29 is 21.9 Å². The van der Waals surface area contributed by atoms with Crippen LogP contribution in [0.4, 0.5) is 8.78 Å². The smallest absolute Gasteiger partial charge is 0.387 e. The summed E-state index contributed by atoms with van der Waals surface area (Å²) in [6, 6.07) is 4.30. The van der Waals surface area contributed by atoms with Crippen LogP contribution in [-0.2, 0) is 16.4 Å². The molecule has 2 N–H and O–H groups in total. The largest absolute Gasteiger partial charge is 0.434 e. The Hall–Kier alpha value is -1.61. The highest BCUT2D eigenvalue weighted by Gasteiger charge is 2.11. The third kappa shape index (κ3) is 8.35. The molecule has 1 aromatic rings. The number of benzene rings is 1. The van der Waals surface area contributed by atoms with Gasteiger partial charge in [-0.1, -0.05) is 18.5 Å². The van der Waals surface area contributed by atoms with Gasteiger partial charge in [0.2, 0.25) is 0 Å². The van der Waals surface area contributed by atoms with Crippen molar-refractivity contribution in [3.05, 3.63) is 28.8 Å². The maximum absolute atomic E-state index is 12.5. The van der Waals surface area contributed by atoms with Gasteiger partial charge in [-0.15, -0.1) is 0 Å². The molecule has 10 heteroatoms. The fraction of sp³-hybridized carbons (Fsp3) is 0.533. The van der Waals surface area contributed by atoms with Crippen LogP contribution in [0, 0.1) is 0 Å². The topological polar surface area (TPSA) is 79.8 Å². The molecule has 0 amide bonds. The molecule has 0 radical (unpaired) electrons. The number of aliphatic imine (C=N–C) groups is 1. The zero-order valence-corrected chi connectivity index (χ0v) is 15.6. The van der Waals surface area contributed by atoms with Crippen LogP contribution >= 0.6 is 11.6 Å². The summed E-state index contributed by atoms with van der Waals surface area (Å²) in [5.41, 5.74) is 0.395. The first-order valence-electron chi connectivity index (χ1n) is 7.73. The van der Waals surface area contributed by atoms with Gasteiger partial charge < -0.3 is 15.4 Å². The maximum atomic E-state index is 12.5. The fourth-order valence-corrected chi connectivity index (χ4v) is 2.75. The SMILES string of the molecule is CCNC(=NCc1cc(Cl)ccc1OC(F)F)NCCS(=O)(=O)CC.